The normalized spacial score (nSPS) is 22.2. The third-order valence-corrected chi connectivity index (χ3v) is 4.46. The van der Waals surface area contributed by atoms with Gasteiger partial charge in [-0.1, -0.05) is 13.8 Å². The van der Waals surface area contributed by atoms with Crippen LogP contribution in [0.1, 0.15) is 49.2 Å². The quantitative estimate of drug-likeness (QED) is 0.896. The predicted octanol–water partition coefficient (Wildman–Crippen LogP) is 2.40. The monoisotopic (exact) mass is 253 g/mol. The summed E-state index contributed by atoms with van der Waals surface area (Å²) < 4.78 is 0. The Labute approximate surface area is 108 Å². The van der Waals surface area contributed by atoms with Gasteiger partial charge in [-0.05, 0) is 25.3 Å². The van der Waals surface area contributed by atoms with E-state index in [1.807, 2.05) is 11.3 Å². The summed E-state index contributed by atoms with van der Waals surface area (Å²) in [5, 5.41) is 3.55. The van der Waals surface area contributed by atoms with E-state index in [9.17, 15) is 0 Å². The van der Waals surface area contributed by atoms with E-state index in [1.54, 1.807) is 0 Å². The van der Waals surface area contributed by atoms with Crippen LogP contribution in [-0.2, 0) is 0 Å². The number of aromatic nitrogens is 1. The molecule has 1 aromatic rings. The molecule has 1 aliphatic rings. The summed E-state index contributed by atoms with van der Waals surface area (Å²) in [5.41, 5.74) is 6.88. The highest BCUT2D eigenvalue weighted by Crippen LogP contribution is 2.30. The third-order valence-electron chi connectivity index (χ3n) is 3.43. The van der Waals surface area contributed by atoms with Crippen LogP contribution < -0.4 is 5.73 Å². The van der Waals surface area contributed by atoms with Gasteiger partial charge in [-0.25, -0.2) is 4.98 Å². The summed E-state index contributed by atoms with van der Waals surface area (Å²) in [6.45, 7) is 8.56. The van der Waals surface area contributed by atoms with Crippen molar-refractivity contribution in [2.45, 2.75) is 38.5 Å². The predicted molar refractivity (Wildman–Crippen MR) is 73.7 cm³/mol. The van der Waals surface area contributed by atoms with E-state index in [1.165, 1.54) is 30.1 Å². The first-order valence-corrected chi connectivity index (χ1v) is 7.46. The van der Waals surface area contributed by atoms with Gasteiger partial charge in [0.05, 0.1) is 10.7 Å². The molecule has 1 fully saturated rings. The van der Waals surface area contributed by atoms with Gasteiger partial charge in [0, 0.05) is 30.9 Å². The Balaban J connectivity index is 2.00. The van der Waals surface area contributed by atoms with Gasteiger partial charge >= 0.3 is 0 Å². The molecule has 1 aliphatic heterocycles. The lowest BCUT2D eigenvalue weighted by molar-refractivity contribution is 0.213. The maximum atomic E-state index is 5.63. The summed E-state index contributed by atoms with van der Waals surface area (Å²) in [6.07, 6.45) is 2.56. The fraction of sp³-hybridized carbons (Fsp3) is 0.769. The molecule has 0 spiro atoms. The molecule has 0 bridgehead atoms. The van der Waals surface area contributed by atoms with Crippen molar-refractivity contribution in [2.24, 2.45) is 5.73 Å². The number of likely N-dealkylation sites (tertiary alicyclic amines) is 1. The summed E-state index contributed by atoms with van der Waals surface area (Å²) in [5.74, 6) is 1.18. The minimum atomic E-state index is 0.545. The van der Waals surface area contributed by atoms with Gasteiger partial charge in [0.1, 0.15) is 0 Å². The standard InChI is InChI=1S/C13H23N3S/c1-10(2)12-9-17-13(15-12)11-4-3-6-16(8-11)7-5-14/h9-11H,3-8,14H2,1-2H3. The highest BCUT2D eigenvalue weighted by atomic mass is 32.1. The smallest absolute Gasteiger partial charge is 0.0972 e. The number of piperidine rings is 1. The van der Waals surface area contributed by atoms with E-state index in [0.717, 1.165) is 19.6 Å². The molecule has 3 nitrogen and oxygen atoms in total. The Morgan fingerprint density at radius 2 is 2.41 bits per heavy atom. The number of thiazole rings is 1. The minimum absolute atomic E-state index is 0.545. The number of hydrogen-bond donors (Lipinski definition) is 1. The molecule has 2 rings (SSSR count). The van der Waals surface area contributed by atoms with Crippen LogP contribution in [0.3, 0.4) is 0 Å². The van der Waals surface area contributed by atoms with Crippen molar-refractivity contribution in [1.29, 1.82) is 0 Å². The highest BCUT2D eigenvalue weighted by Gasteiger charge is 2.23. The zero-order chi connectivity index (χ0) is 12.3. The molecular formula is C13H23N3S. The number of hydrogen-bond acceptors (Lipinski definition) is 4. The molecule has 0 radical (unpaired) electrons. The maximum Gasteiger partial charge on any atom is 0.0972 e. The summed E-state index contributed by atoms with van der Waals surface area (Å²) in [7, 11) is 0. The molecule has 0 saturated carbocycles. The topological polar surface area (TPSA) is 42.1 Å². The first kappa shape index (κ1) is 13.0. The molecular weight excluding hydrogens is 230 g/mol. The molecule has 1 aromatic heterocycles. The maximum absolute atomic E-state index is 5.63. The number of nitrogens with zero attached hydrogens (tertiary/aromatic N) is 2. The molecule has 1 saturated heterocycles. The van der Waals surface area contributed by atoms with Crippen molar-refractivity contribution in [2.75, 3.05) is 26.2 Å². The van der Waals surface area contributed by atoms with Crippen LogP contribution >= 0.6 is 11.3 Å². The van der Waals surface area contributed by atoms with E-state index >= 15 is 0 Å². The van der Waals surface area contributed by atoms with Gasteiger partial charge in [0.25, 0.3) is 0 Å². The van der Waals surface area contributed by atoms with Gasteiger partial charge < -0.3 is 10.6 Å². The van der Waals surface area contributed by atoms with Crippen LogP contribution in [0.5, 0.6) is 0 Å². The average molecular weight is 253 g/mol. The Bertz CT molecular complexity index is 346. The molecule has 96 valence electrons. The molecule has 1 unspecified atom stereocenters. The van der Waals surface area contributed by atoms with E-state index in [0.29, 0.717) is 11.8 Å². The van der Waals surface area contributed by atoms with Crippen LogP contribution in [0.4, 0.5) is 0 Å². The van der Waals surface area contributed by atoms with E-state index < -0.39 is 0 Å². The van der Waals surface area contributed by atoms with Gasteiger partial charge in [0.2, 0.25) is 0 Å². The largest absolute Gasteiger partial charge is 0.329 e. The molecule has 0 aliphatic carbocycles. The Kier molecular flexibility index (Phi) is 4.54. The number of rotatable bonds is 4. The SMILES string of the molecule is CC(C)c1csc(C2CCCN(CCN)C2)n1. The van der Waals surface area contributed by atoms with Gasteiger partial charge in [0.15, 0.2) is 0 Å². The van der Waals surface area contributed by atoms with Crippen molar-refractivity contribution in [1.82, 2.24) is 9.88 Å². The Morgan fingerprint density at radius 1 is 1.59 bits per heavy atom. The zero-order valence-electron chi connectivity index (χ0n) is 10.9. The van der Waals surface area contributed by atoms with Crippen molar-refractivity contribution in [3.8, 4) is 0 Å². The second-order valence-electron chi connectivity index (χ2n) is 5.19. The fourth-order valence-electron chi connectivity index (χ4n) is 2.40. The molecule has 0 aromatic carbocycles. The van der Waals surface area contributed by atoms with Crippen LogP contribution in [0.2, 0.25) is 0 Å². The van der Waals surface area contributed by atoms with E-state index in [-0.39, 0.29) is 0 Å². The summed E-state index contributed by atoms with van der Waals surface area (Å²) in [6, 6.07) is 0. The summed E-state index contributed by atoms with van der Waals surface area (Å²) in [4.78, 5) is 7.27. The third kappa shape index (κ3) is 3.27. The van der Waals surface area contributed by atoms with Crippen molar-refractivity contribution in [3.63, 3.8) is 0 Å². The van der Waals surface area contributed by atoms with Crippen molar-refractivity contribution >= 4 is 11.3 Å². The minimum Gasteiger partial charge on any atom is -0.329 e. The van der Waals surface area contributed by atoms with Crippen LogP contribution in [0, 0.1) is 0 Å². The number of nitrogens with two attached hydrogens (primary N) is 1. The lowest BCUT2D eigenvalue weighted by Crippen LogP contribution is -2.37. The average Bonchev–Trinajstić information content (AvgIpc) is 2.79. The Morgan fingerprint density at radius 3 is 3.06 bits per heavy atom. The molecule has 2 N–H and O–H groups in total. The van der Waals surface area contributed by atoms with Crippen molar-refractivity contribution in [3.05, 3.63) is 16.1 Å². The van der Waals surface area contributed by atoms with E-state index in [4.69, 9.17) is 10.7 Å². The lowest BCUT2D eigenvalue weighted by Gasteiger charge is -2.31. The van der Waals surface area contributed by atoms with Crippen molar-refractivity contribution < 1.29 is 0 Å². The second-order valence-corrected chi connectivity index (χ2v) is 6.08. The molecule has 2 heterocycles. The first-order chi connectivity index (χ1) is 8.20. The van der Waals surface area contributed by atoms with Crippen LogP contribution in [0.15, 0.2) is 5.38 Å². The molecule has 17 heavy (non-hydrogen) atoms. The van der Waals surface area contributed by atoms with Crippen LogP contribution in [-0.4, -0.2) is 36.1 Å². The lowest BCUT2D eigenvalue weighted by atomic mass is 9.98. The van der Waals surface area contributed by atoms with Gasteiger partial charge in [-0.3, -0.25) is 0 Å². The highest BCUT2D eigenvalue weighted by molar-refractivity contribution is 7.09. The van der Waals surface area contributed by atoms with E-state index in [2.05, 4.69) is 24.1 Å². The zero-order valence-corrected chi connectivity index (χ0v) is 11.7. The first-order valence-electron chi connectivity index (χ1n) is 6.58. The summed E-state index contributed by atoms with van der Waals surface area (Å²) >= 11 is 1.84. The second kappa shape index (κ2) is 5.94. The molecule has 1 atom stereocenters. The van der Waals surface area contributed by atoms with Gasteiger partial charge in [-0.2, -0.15) is 0 Å². The fourth-order valence-corrected chi connectivity index (χ4v) is 3.51. The molecule has 0 amide bonds. The molecule has 4 heteroatoms. The Hall–Kier alpha value is -0.450. The van der Waals surface area contributed by atoms with Crippen LogP contribution in [0.25, 0.3) is 0 Å². The van der Waals surface area contributed by atoms with Gasteiger partial charge in [-0.15, -0.1) is 11.3 Å².